The third-order valence-corrected chi connectivity index (χ3v) is 4.69. The summed E-state index contributed by atoms with van der Waals surface area (Å²) in [7, 11) is 0. The topological polar surface area (TPSA) is 36.7 Å². The minimum atomic E-state index is -0.0358. The molecule has 0 unspecified atom stereocenters. The van der Waals surface area contributed by atoms with Crippen LogP contribution in [0.2, 0.25) is 0 Å². The minimum Gasteiger partial charge on any atom is -0.444 e. The van der Waals surface area contributed by atoms with Crippen LogP contribution >= 0.6 is 15.9 Å². The fraction of sp³-hybridized carbons (Fsp3) is 0.353. The number of carbonyl (C=O) groups is 1. The SMILES string of the molecule is Cc1cccc(N2CCN(C(=O)c3ccc(Br)o3)CC2)c1C. The highest BCUT2D eigenvalue weighted by Gasteiger charge is 2.24. The summed E-state index contributed by atoms with van der Waals surface area (Å²) in [5, 5.41) is 0. The molecule has 2 aromatic rings. The van der Waals surface area contributed by atoms with Crippen LogP contribution in [0.1, 0.15) is 21.7 Å². The van der Waals surface area contributed by atoms with E-state index < -0.39 is 0 Å². The summed E-state index contributed by atoms with van der Waals surface area (Å²) in [6.45, 7) is 7.40. The van der Waals surface area contributed by atoms with Gasteiger partial charge in [-0.15, -0.1) is 0 Å². The van der Waals surface area contributed by atoms with Gasteiger partial charge in [0.1, 0.15) is 0 Å². The average molecular weight is 363 g/mol. The molecule has 22 heavy (non-hydrogen) atoms. The number of carbonyl (C=O) groups excluding carboxylic acids is 1. The minimum absolute atomic E-state index is 0.0358. The molecule has 0 bridgehead atoms. The summed E-state index contributed by atoms with van der Waals surface area (Å²) in [5.41, 5.74) is 3.89. The highest BCUT2D eigenvalue weighted by molar-refractivity contribution is 9.10. The number of aryl methyl sites for hydroxylation is 1. The van der Waals surface area contributed by atoms with Crippen molar-refractivity contribution in [2.75, 3.05) is 31.1 Å². The summed E-state index contributed by atoms with van der Waals surface area (Å²) < 4.78 is 5.94. The molecule has 3 rings (SSSR count). The molecule has 0 radical (unpaired) electrons. The van der Waals surface area contributed by atoms with Gasteiger partial charge in [0.25, 0.3) is 5.91 Å². The fourth-order valence-electron chi connectivity index (χ4n) is 2.81. The van der Waals surface area contributed by atoms with Crippen LogP contribution in [0.3, 0.4) is 0 Å². The molecule has 2 heterocycles. The Bertz CT molecular complexity index is 688. The van der Waals surface area contributed by atoms with Crippen molar-refractivity contribution < 1.29 is 9.21 Å². The zero-order valence-electron chi connectivity index (χ0n) is 12.8. The molecule has 0 saturated carbocycles. The van der Waals surface area contributed by atoms with Crippen molar-refractivity contribution in [1.29, 1.82) is 0 Å². The molecule has 0 N–H and O–H groups in total. The van der Waals surface area contributed by atoms with Crippen molar-refractivity contribution >= 4 is 27.5 Å². The molecule has 1 saturated heterocycles. The van der Waals surface area contributed by atoms with E-state index in [1.165, 1.54) is 16.8 Å². The first-order chi connectivity index (χ1) is 10.6. The lowest BCUT2D eigenvalue weighted by Gasteiger charge is -2.36. The number of benzene rings is 1. The van der Waals surface area contributed by atoms with Gasteiger partial charge in [-0.05, 0) is 59.1 Å². The van der Waals surface area contributed by atoms with Crippen molar-refractivity contribution in [2.45, 2.75) is 13.8 Å². The Morgan fingerprint density at radius 2 is 1.82 bits per heavy atom. The Labute approximate surface area is 138 Å². The number of furan rings is 1. The first-order valence-corrected chi connectivity index (χ1v) is 8.21. The van der Waals surface area contributed by atoms with E-state index in [1.807, 2.05) is 4.90 Å². The predicted octanol–water partition coefficient (Wildman–Crippen LogP) is 3.62. The molecule has 4 nitrogen and oxygen atoms in total. The van der Waals surface area contributed by atoms with E-state index in [1.54, 1.807) is 12.1 Å². The number of hydrogen-bond acceptors (Lipinski definition) is 3. The molecule has 1 aliphatic rings. The third-order valence-electron chi connectivity index (χ3n) is 4.27. The molecule has 1 amide bonds. The third kappa shape index (κ3) is 2.90. The van der Waals surface area contributed by atoms with E-state index in [0.29, 0.717) is 23.5 Å². The van der Waals surface area contributed by atoms with Gasteiger partial charge in [0.2, 0.25) is 0 Å². The lowest BCUT2D eigenvalue weighted by molar-refractivity contribution is 0.0713. The van der Waals surface area contributed by atoms with E-state index in [9.17, 15) is 4.79 Å². The summed E-state index contributed by atoms with van der Waals surface area (Å²) in [5.74, 6) is 0.360. The summed E-state index contributed by atoms with van der Waals surface area (Å²) in [6.07, 6.45) is 0. The van der Waals surface area contributed by atoms with Gasteiger partial charge < -0.3 is 14.2 Å². The quantitative estimate of drug-likeness (QED) is 0.818. The van der Waals surface area contributed by atoms with Crippen molar-refractivity contribution in [3.8, 4) is 0 Å². The summed E-state index contributed by atoms with van der Waals surface area (Å²) in [6, 6.07) is 9.84. The molecule has 1 aromatic heterocycles. The highest BCUT2D eigenvalue weighted by atomic mass is 79.9. The summed E-state index contributed by atoms with van der Waals surface area (Å²) >= 11 is 3.23. The molecule has 1 fully saturated rings. The zero-order chi connectivity index (χ0) is 15.7. The maximum absolute atomic E-state index is 12.4. The van der Waals surface area contributed by atoms with Gasteiger partial charge in [0.05, 0.1) is 0 Å². The molecular formula is C17H19BrN2O2. The average Bonchev–Trinajstić information content (AvgIpc) is 2.96. The molecule has 116 valence electrons. The molecule has 5 heteroatoms. The van der Waals surface area contributed by atoms with Crippen LogP contribution in [0.5, 0.6) is 0 Å². The van der Waals surface area contributed by atoms with Crippen molar-refractivity contribution in [2.24, 2.45) is 0 Å². The van der Waals surface area contributed by atoms with Crippen molar-refractivity contribution in [3.63, 3.8) is 0 Å². The fourth-order valence-corrected chi connectivity index (χ4v) is 3.12. The van der Waals surface area contributed by atoms with Gasteiger partial charge in [-0.2, -0.15) is 0 Å². The second-order valence-electron chi connectivity index (χ2n) is 5.60. The number of rotatable bonds is 2. The van der Waals surface area contributed by atoms with E-state index in [0.717, 1.165) is 13.1 Å². The second-order valence-corrected chi connectivity index (χ2v) is 6.38. The van der Waals surface area contributed by atoms with Crippen LogP contribution in [-0.2, 0) is 0 Å². The Morgan fingerprint density at radius 1 is 1.09 bits per heavy atom. The largest absolute Gasteiger partial charge is 0.444 e. The Hall–Kier alpha value is -1.75. The number of piperazine rings is 1. The number of nitrogens with zero attached hydrogens (tertiary/aromatic N) is 2. The Morgan fingerprint density at radius 3 is 2.45 bits per heavy atom. The van der Waals surface area contributed by atoms with E-state index in [2.05, 4.69) is 52.9 Å². The maximum Gasteiger partial charge on any atom is 0.289 e. The van der Waals surface area contributed by atoms with Gasteiger partial charge in [0, 0.05) is 31.9 Å². The van der Waals surface area contributed by atoms with Crippen LogP contribution < -0.4 is 4.90 Å². The van der Waals surface area contributed by atoms with Crippen molar-refractivity contribution in [1.82, 2.24) is 4.90 Å². The van der Waals surface area contributed by atoms with Gasteiger partial charge >= 0.3 is 0 Å². The lowest BCUT2D eigenvalue weighted by atomic mass is 10.1. The van der Waals surface area contributed by atoms with Gasteiger partial charge in [0.15, 0.2) is 10.4 Å². The van der Waals surface area contributed by atoms with Crippen LogP contribution in [0.25, 0.3) is 0 Å². The second kappa shape index (κ2) is 6.16. The van der Waals surface area contributed by atoms with Crippen molar-refractivity contribution in [3.05, 3.63) is 51.9 Å². The van der Waals surface area contributed by atoms with Crippen LogP contribution in [0.15, 0.2) is 39.4 Å². The standard InChI is InChI=1S/C17H19BrN2O2/c1-12-4-3-5-14(13(12)2)19-8-10-20(11-9-19)17(21)15-6-7-16(18)22-15/h3-7H,8-11H2,1-2H3. The molecule has 0 atom stereocenters. The molecule has 0 aliphatic carbocycles. The van der Waals surface area contributed by atoms with E-state index in [-0.39, 0.29) is 5.91 Å². The normalized spacial score (nSPS) is 15.2. The molecule has 1 aromatic carbocycles. The van der Waals surface area contributed by atoms with Crippen LogP contribution in [-0.4, -0.2) is 37.0 Å². The molecule has 1 aliphatic heterocycles. The maximum atomic E-state index is 12.4. The lowest BCUT2D eigenvalue weighted by Crippen LogP contribution is -2.49. The Kier molecular flexibility index (Phi) is 4.25. The Balaban J connectivity index is 1.67. The zero-order valence-corrected chi connectivity index (χ0v) is 14.4. The number of anilines is 1. The van der Waals surface area contributed by atoms with E-state index in [4.69, 9.17) is 4.42 Å². The van der Waals surface area contributed by atoms with Gasteiger partial charge in [-0.1, -0.05) is 12.1 Å². The smallest absolute Gasteiger partial charge is 0.289 e. The number of amides is 1. The predicted molar refractivity (Wildman–Crippen MR) is 90.4 cm³/mol. The first kappa shape index (κ1) is 15.2. The first-order valence-electron chi connectivity index (χ1n) is 7.42. The molecular weight excluding hydrogens is 344 g/mol. The van der Waals surface area contributed by atoms with Gasteiger partial charge in [-0.25, -0.2) is 0 Å². The van der Waals surface area contributed by atoms with Crippen LogP contribution in [0, 0.1) is 13.8 Å². The molecule has 0 spiro atoms. The number of halogens is 1. The summed E-state index contributed by atoms with van der Waals surface area (Å²) in [4.78, 5) is 16.6. The monoisotopic (exact) mass is 362 g/mol. The van der Waals surface area contributed by atoms with E-state index >= 15 is 0 Å². The van der Waals surface area contributed by atoms with Crippen LogP contribution in [0.4, 0.5) is 5.69 Å². The highest BCUT2D eigenvalue weighted by Crippen LogP contribution is 2.24. The van der Waals surface area contributed by atoms with Gasteiger partial charge in [-0.3, -0.25) is 4.79 Å². The number of hydrogen-bond donors (Lipinski definition) is 0.